The van der Waals surface area contributed by atoms with Gasteiger partial charge in [-0.15, -0.1) is 0 Å². The molecule has 0 unspecified atom stereocenters. The van der Waals surface area contributed by atoms with Crippen LogP contribution < -0.4 is 4.72 Å². The number of halogens is 3. The largest absolute Gasteiger partial charge is 0.338 e. The van der Waals surface area contributed by atoms with E-state index in [9.17, 15) is 8.42 Å². The van der Waals surface area contributed by atoms with E-state index >= 15 is 0 Å². The maximum Gasteiger partial charge on any atom is 0.242 e. The molecule has 136 valence electrons. The molecule has 6 nitrogen and oxygen atoms in total. The lowest BCUT2D eigenvalue weighted by atomic mass is 10.2. The number of benzene rings is 2. The molecule has 1 aromatic heterocycles. The molecule has 0 atom stereocenters. The lowest BCUT2D eigenvalue weighted by molar-refractivity contribution is 0.376. The van der Waals surface area contributed by atoms with Gasteiger partial charge in [-0.1, -0.05) is 58.2 Å². The van der Waals surface area contributed by atoms with Crippen LogP contribution in [-0.4, -0.2) is 18.6 Å². The van der Waals surface area contributed by atoms with Gasteiger partial charge >= 0.3 is 0 Å². The molecule has 0 saturated heterocycles. The van der Waals surface area contributed by atoms with Gasteiger partial charge < -0.3 is 4.52 Å². The molecule has 2 aromatic carbocycles. The quantitative estimate of drug-likeness (QED) is 0.627. The standard InChI is InChI=1S/C16H12Cl3N3O3S/c17-11-6-5-10(14(19)7-11)9-26(23,24)20-8-15-21-16(22-25-15)12-3-1-2-4-13(12)18/h1-7,20H,8-9H2. The summed E-state index contributed by atoms with van der Waals surface area (Å²) >= 11 is 17.9. The summed E-state index contributed by atoms with van der Waals surface area (Å²) in [6.07, 6.45) is 0. The van der Waals surface area contributed by atoms with Gasteiger partial charge in [0.1, 0.15) is 0 Å². The van der Waals surface area contributed by atoms with Gasteiger partial charge in [0.25, 0.3) is 0 Å². The highest BCUT2D eigenvalue weighted by molar-refractivity contribution is 7.88. The van der Waals surface area contributed by atoms with Gasteiger partial charge in [0.15, 0.2) is 0 Å². The topological polar surface area (TPSA) is 85.1 Å². The molecular weight excluding hydrogens is 421 g/mol. The first-order valence-electron chi connectivity index (χ1n) is 7.33. The Morgan fingerprint density at radius 2 is 1.81 bits per heavy atom. The van der Waals surface area contributed by atoms with Gasteiger partial charge in [-0.3, -0.25) is 0 Å². The highest BCUT2D eigenvalue weighted by Gasteiger charge is 2.17. The number of aromatic nitrogens is 2. The van der Waals surface area contributed by atoms with Gasteiger partial charge in [-0.05, 0) is 29.8 Å². The highest BCUT2D eigenvalue weighted by atomic mass is 35.5. The number of hydrogen-bond acceptors (Lipinski definition) is 5. The fourth-order valence-corrected chi connectivity index (χ4v) is 4.03. The SMILES string of the molecule is O=S(=O)(Cc1ccc(Cl)cc1Cl)NCc1nc(-c2ccccc2Cl)no1. The Kier molecular flexibility index (Phi) is 5.84. The van der Waals surface area contributed by atoms with Crippen LogP contribution in [0.4, 0.5) is 0 Å². The Morgan fingerprint density at radius 1 is 1.04 bits per heavy atom. The van der Waals surface area contributed by atoms with Crippen molar-refractivity contribution in [3.05, 3.63) is 69.0 Å². The number of sulfonamides is 1. The Labute approximate surface area is 165 Å². The molecule has 0 spiro atoms. The second-order valence-corrected chi connectivity index (χ2v) is 8.37. The lowest BCUT2D eigenvalue weighted by Crippen LogP contribution is -2.25. The molecule has 0 aliphatic carbocycles. The Bertz CT molecular complexity index is 1040. The summed E-state index contributed by atoms with van der Waals surface area (Å²) in [6, 6.07) is 11.6. The summed E-state index contributed by atoms with van der Waals surface area (Å²) < 4.78 is 31.9. The summed E-state index contributed by atoms with van der Waals surface area (Å²) in [5, 5.41) is 5.00. The molecule has 1 heterocycles. The van der Waals surface area contributed by atoms with Crippen molar-refractivity contribution in [2.24, 2.45) is 0 Å². The fourth-order valence-electron chi connectivity index (χ4n) is 2.14. The van der Waals surface area contributed by atoms with Crippen LogP contribution in [0.25, 0.3) is 11.4 Å². The van der Waals surface area contributed by atoms with E-state index in [4.69, 9.17) is 39.3 Å². The van der Waals surface area contributed by atoms with Crippen molar-refractivity contribution in [3.63, 3.8) is 0 Å². The minimum absolute atomic E-state index is 0.116. The average Bonchev–Trinajstić information content (AvgIpc) is 3.05. The summed E-state index contributed by atoms with van der Waals surface area (Å²) in [5.41, 5.74) is 1.03. The molecule has 0 aliphatic heterocycles. The molecule has 0 radical (unpaired) electrons. The monoisotopic (exact) mass is 431 g/mol. The number of rotatable bonds is 6. The predicted molar refractivity (Wildman–Crippen MR) is 101 cm³/mol. The van der Waals surface area contributed by atoms with Crippen molar-refractivity contribution < 1.29 is 12.9 Å². The van der Waals surface area contributed by atoms with E-state index in [1.165, 1.54) is 6.07 Å². The number of nitrogens with zero attached hydrogens (tertiary/aromatic N) is 2. The van der Waals surface area contributed by atoms with E-state index in [-0.39, 0.29) is 29.0 Å². The zero-order valence-corrected chi connectivity index (χ0v) is 16.2. The predicted octanol–water partition coefficient (Wildman–Crippen LogP) is 4.32. The van der Waals surface area contributed by atoms with E-state index in [0.717, 1.165) is 0 Å². The smallest absolute Gasteiger partial charge is 0.242 e. The third kappa shape index (κ3) is 4.75. The fraction of sp³-hybridized carbons (Fsp3) is 0.125. The van der Waals surface area contributed by atoms with Gasteiger partial charge in [0.05, 0.1) is 17.3 Å². The highest BCUT2D eigenvalue weighted by Crippen LogP contribution is 2.25. The summed E-state index contributed by atoms with van der Waals surface area (Å²) in [6.45, 7) is -0.148. The van der Waals surface area contributed by atoms with E-state index in [1.54, 1.807) is 36.4 Å². The lowest BCUT2D eigenvalue weighted by Gasteiger charge is -2.06. The van der Waals surface area contributed by atoms with Crippen LogP contribution >= 0.6 is 34.8 Å². The van der Waals surface area contributed by atoms with Crippen LogP contribution in [0.1, 0.15) is 11.5 Å². The van der Waals surface area contributed by atoms with Crippen molar-refractivity contribution in [1.82, 2.24) is 14.9 Å². The van der Waals surface area contributed by atoms with Crippen molar-refractivity contribution >= 4 is 44.8 Å². The van der Waals surface area contributed by atoms with E-state index in [1.807, 2.05) is 0 Å². The van der Waals surface area contributed by atoms with Crippen molar-refractivity contribution in [2.75, 3.05) is 0 Å². The normalized spacial score (nSPS) is 11.7. The van der Waals surface area contributed by atoms with Gasteiger partial charge in [0.2, 0.25) is 21.7 Å². The van der Waals surface area contributed by atoms with Crippen LogP contribution in [0.2, 0.25) is 15.1 Å². The van der Waals surface area contributed by atoms with Crippen molar-refractivity contribution in [1.29, 1.82) is 0 Å². The van der Waals surface area contributed by atoms with Gasteiger partial charge in [0, 0.05) is 15.6 Å². The summed E-state index contributed by atoms with van der Waals surface area (Å²) in [5.74, 6) is 0.102. The minimum atomic E-state index is -3.66. The molecule has 0 bridgehead atoms. The van der Waals surface area contributed by atoms with Crippen LogP contribution in [0.5, 0.6) is 0 Å². The molecule has 3 rings (SSSR count). The Hall–Kier alpha value is -1.64. The number of hydrogen-bond donors (Lipinski definition) is 1. The molecule has 0 amide bonds. The minimum Gasteiger partial charge on any atom is -0.338 e. The average molecular weight is 433 g/mol. The van der Waals surface area contributed by atoms with Gasteiger partial charge in [-0.25, -0.2) is 13.1 Å². The van der Waals surface area contributed by atoms with Crippen molar-refractivity contribution in [2.45, 2.75) is 12.3 Å². The van der Waals surface area contributed by atoms with Crippen LogP contribution in [0.15, 0.2) is 47.0 Å². The second kappa shape index (κ2) is 7.94. The molecule has 0 aliphatic rings. The van der Waals surface area contributed by atoms with E-state index in [0.29, 0.717) is 21.2 Å². The van der Waals surface area contributed by atoms with Crippen LogP contribution in [0, 0.1) is 0 Å². The van der Waals surface area contributed by atoms with E-state index in [2.05, 4.69) is 14.9 Å². The maximum absolute atomic E-state index is 12.2. The van der Waals surface area contributed by atoms with E-state index < -0.39 is 10.0 Å². The molecule has 1 N–H and O–H groups in total. The third-order valence-corrected chi connectivity index (χ3v) is 5.58. The van der Waals surface area contributed by atoms with Crippen LogP contribution in [0.3, 0.4) is 0 Å². The molecule has 26 heavy (non-hydrogen) atoms. The molecule has 3 aromatic rings. The third-order valence-electron chi connectivity index (χ3n) is 3.39. The first-order valence-corrected chi connectivity index (χ1v) is 10.1. The Morgan fingerprint density at radius 3 is 2.54 bits per heavy atom. The zero-order valence-electron chi connectivity index (χ0n) is 13.1. The summed E-state index contributed by atoms with van der Waals surface area (Å²) in [4.78, 5) is 4.15. The van der Waals surface area contributed by atoms with Crippen molar-refractivity contribution in [3.8, 4) is 11.4 Å². The molecule has 0 fully saturated rings. The second-order valence-electron chi connectivity index (χ2n) is 5.31. The summed E-state index contributed by atoms with van der Waals surface area (Å²) in [7, 11) is -3.66. The molecule has 10 heteroatoms. The first-order chi connectivity index (χ1) is 12.3. The molecule has 0 saturated carbocycles. The van der Waals surface area contributed by atoms with Crippen LogP contribution in [-0.2, 0) is 22.3 Å². The molecular formula is C16H12Cl3N3O3S. The maximum atomic E-state index is 12.2. The first kappa shape index (κ1) is 19.1. The zero-order chi connectivity index (χ0) is 18.7. The Balaban J connectivity index is 1.68. The number of nitrogens with one attached hydrogen (secondary N) is 1. The van der Waals surface area contributed by atoms with Gasteiger partial charge in [-0.2, -0.15) is 4.98 Å².